The number of likely N-dealkylation sites (N-methyl/N-ethyl adjacent to an activating group) is 1. The lowest BCUT2D eigenvalue weighted by molar-refractivity contribution is -0.0138. The molecule has 0 heterocycles. The van der Waals surface area contributed by atoms with E-state index < -0.39 is 0 Å². The molecule has 0 rings (SSSR count). The number of ether oxygens (including phenoxy) is 5. The summed E-state index contributed by atoms with van der Waals surface area (Å²) in [5.74, 6) is 0. The van der Waals surface area contributed by atoms with Crippen LogP contribution < -0.4 is 0 Å². The van der Waals surface area contributed by atoms with Crippen molar-refractivity contribution in [2.75, 3.05) is 93.3 Å². The molecule has 0 amide bonds. The molecule has 0 aliphatic heterocycles. The van der Waals surface area contributed by atoms with E-state index in [-0.39, 0.29) is 6.61 Å². The molecule has 0 atom stereocenters. The van der Waals surface area contributed by atoms with Crippen molar-refractivity contribution in [2.24, 2.45) is 0 Å². The fraction of sp³-hybridized carbons (Fsp3) is 1.00. The van der Waals surface area contributed by atoms with Gasteiger partial charge in [0.25, 0.3) is 0 Å². The SMILES string of the molecule is CN(C)CCOCCOCCOCCOCCOCCO. The minimum Gasteiger partial charge on any atom is -0.394 e. The highest BCUT2D eigenvalue weighted by molar-refractivity contribution is 4.40. The van der Waals surface area contributed by atoms with Crippen LogP contribution in [0.3, 0.4) is 0 Å². The Labute approximate surface area is 128 Å². The van der Waals surface area contributed by atoms with Crippen molar-refractivity contribution < 1.29 is 28.8 Å². The Hall–Kier alpha value is -0.280. The summed E-state index contributed by atoms with van der Waals surface area (Å²) in [4.78, 5) is 2.08. The van der Waals surface area contributed by atoms with E-state index in [1.807, 2.05) is 14.1 Å². The Bertz CT molecular complexity index is 194. The smallest absolute Gasteiger partial charge is 0.0701 e. The zero-order valence-corrected chi connectivity index (χ0v) is 13.4. The number of aliphatic hydroxyl groups excluding tert-OH is 1. The summed E-state index contributed by atoms with van der Waals surface area (Å²) < 4.78 is 26.4. The summed E-state index contributed by atoms with van der Waals surface area (Å²) in [6, 6.07) is 0. The second-order valence-corrected chi connectivity index (χ2v) is 4.59. The fourth-order valence-electron chi connectivity index (χ4n) is 1.29. The second-order valence-electron chi connectivity index (χ2n) is 4.59. The monoisotopic (exact) mass is 309 g/mol. The third-order valence-electron chi connectivity index (χ3n) is 2.41. The molecule has 7 heteroatoms. The average Bonchev–Trinajstić information content (AvgIpc) is 2.46. The molecule has 0 aromatic heterocycles. The van der Waals surface area contributed by atoms with Crippen LogP contribution in [0.25, 0.3) is 0 Å². The molecule has 0 radical (unpaired) electrons. The first kappa shape index (κ1) is 20.7. The second kappa shape index (κ2) is 17.8. The molecule has 7 nitrogen and oxygen atoms in total. The lowest BCUT2D eigenvalue weighted by Crippen LogP contribution is -2.19. The van der Waals surface area contributed by atoms with Gasteiger partial charge in [-0.05, 0) is 14.1 Å². The molecular weight excluding hydrogens is 278 g/mol. The van der Waals surface area contributed by atoms with Crippen LogP contribution >= 0.6 is 0 Å². The van der Waals surface area contributed by atoms with E-state index in [0.29, 0.717) is 59.5 Å². The van der Waals surface area contributed by atoms with E-state index in [9.17, 15) is 0 Å². The van der Waals surface area contributed by atoms with E-state index in [4.69, 9.17) is 28.8 Å². The van der Waals surface area contributed by atoms with Crippen LogP contribution in [0, 0.1) is 0 Å². The molecule has 0 bridgehead atoms. The van der Waals surface area contributed by atoms with Gasteiger partial charge in [0.2, 0.25) is 0 Å². The van der Waals surface area contributed by atoms with Crippen LogP contribution in [-0.4, -0.2) is 103 Å². The van der Waals surface area contributed by atoms with Crippen LogP contribution in [0.5, 0.6) is 0 Å². The molecule has 0 spiro atoms. The lowest BCUT2D eigenvalue weighted by Gasteiger charge is -2.10. The number of hydrogen-bond acceptors (Lipinski definition) is 7. The fourth-order valence-corrected chi connectivity index (χ4v) is 1.29. The molecule has 0 aromatic rings. The van der Waals surface area contributed by atoms with Crippen LogP contribution in [0.15, 0.2) is 0 Å². The first-order valence-electron chi connectivity index (χ1n) is 7.41. The van der Waals surface area contributed by atoms with E-state index in [0.717, 1.165) is 13.2 Å². The van der Waals surface area contributed by atoms with Crippen molar-refractivity contribution in [1.82, 2.24) is 4.90 Å². The third kappa shape index (κ3) is 19.7. The van der Waals surface area contributed by atoms with Gasteiger partial charge in [-0.25, -0.2) is 0 Å². The average molecular weight is 309 g/mol. The van der Waals surface area contributed by atoms with Crippen LogP contribution in [0.2, 0.25) is 0 Å². The van der Waals surface area contributed by atoms with E-state index in [2.05, 4.69) is 4.90 Å². The van der Waals surface area contributed by atoms with Crippen molar-refractivity contribution in [3.8, 4) is 0 Å². The predicted molar refractivity (Wildman–Crippen MR) is 79.7 cm³/mol. The molecule has 0 aliphatic rings. The van der Waals surface area contributed by atoms with Gasteiger partial charge in [-0.15, -0.1) is 0 Å². The molecule has 128 valence electrons. The zero-order chi connectivity index (χ0) is 15.6. The molecular formula is C14H31NO6. The molecule has 0 unspecified atom stereocenters. The highest BCUT2D eigenvalue weighted by atomic mass is 16.6. The van der Waals surface area contributed by atoms with Crippen molar-refractivity contribution in [1.29, 1.82) is 0 Å². The molecule has 1 N–H and O–H groups in total. The van der Waals surface area contributed by atoms with Gasteiger partial charge in [0.15, 0.2) is 0 Å². The zero-order valence-electron chi connectivity index (χ0n) is 13.4. The molecule has 0 fully saturated rings. The quantitative estimate of drug-likeness (QED) is 0.367. The molecule has 0 saturated carbocycles. The Morgan fingerprint density at radius 1 is 0.571 bits per heavy atom. The van der Waals surface area contributed by atoms with Gasteiger partial charge < -0.3 is 33.7 Å². The molecule has 0 saturated heterocycles. The normalized spacial score (nSPS) is 11.4. The van der Waals surface area contributed by atoms with Crippen molar-refractivity contribution >= 4 is 0 Å². The van der Waals surface area contributed by atoms with Gasteiger partial charge >= 0.3 is 0 Å². The van der Waals surface area contributed by atoms with Crippen LogP contribution in [0.1, 0.15) is 0 Å². The Kier molecular flexibility index (Phi) is 17.5. The summed E-state index contributed by atoms with van der Waals surface area (Å²) in [6.45, 7) is 6.49. The maximum absolute atomic E-state index is 8.48. The number of aliphatic hydroxyl groups is 1. The van der Waals surface area contributed by atoms with Crippen molar-refractivity contribution in [3.63, 3.8) is 0 Å². The minimum atomic E-state index is 0.0454. The highest BCUT2D eigenvalue weighted by Gasteiger charge is 1.94. The standard InChI is InChI=1S/C14H31NO6/c1-15(2)3-5-17-7-9-19-11-13-21-14-12-20-10-8-18-6-4-16/h16H,3-14H2,1-2H3. The van der Waals surface area contributed by atoms with Gasteiger partial charge in [0.1, 0.15) is 0 Å². The third-order valence-corrected chi connectivity index (χ3v) is 2.41. The Morgan fingerprint density at radius 3 is 1.24 bits per heavy atom. The first-order chi connectivity index (χ1) is 10.3. The molecule has 0 aliphatic carbocycles. The van der Waals surface area contributed by atoms with Gasteiger partial charge in [-0.3, -0.25) is 0 Å². The Morgan fingerprint density at radius 2 is 0.905 bits per heavy atom. The van der Waals surface area contributed by atoms with Crippen molar-refractivity contribution in [2.45, 2.75) is 0 Å². The largest absolute Gasteiger partial charge is 0.394 e. The highest BCUT2D eigenvalue weighted by Crippen LogP contribution is 1.84. The maximum Gasteiger partial charge on any atom is 0.0701 e. The van der Waals surface area contributed by atoms with Crippen molar-refractivity contribution in [3.05, 3.63) is 0 Å². The van der Waals surface area contributed by atoms with Crippen LogP contribution in [-0.2, 0) is 23.7 Å². The predicted octanol–water partition coefficient (Wildman–Crippen LogP) is -0.377. The minimum absolute atomic E-state index is 0.0454. The van der Waals surface area contributed by atoms with Gasteiger partial charge in [-0.2, -0.15) is 0 Å². The number of rotatable bonds is 17. The number of nitrogens with zero attached hydrogens (tertiary/aromatic N) is 1. The van der Waals surface area contributed by atoms with E-state index >= 15 is 0 Å². The number of hydrogen-bond donors (Lipinski definition) is 1. The van der Waals surface area contributed by atoms with E-state index in [1.54, 1.807) is 0 Å². The van der Waals surface area contributed by atoms with E-state index in [1.165, 1.54) is 0 Å². The van der Waals surface area contributed by atoms with Gasteiger partial charge in [0, 0.05) is 6.54 Å². The summed E-state index contributed by atoms with van der Waals surface area (Å²) in [5, 5.41) is 8.48. The summed E-state index contributed by atoms with van der Waals surface area (Å²) in [7, 11) is 4.03. The first-order valence-corrected chi connectivity index (χ1v) is 7.41. The molecule has 21 heavy (non-hydrogen) atoms. The summed E-state index contributed by atoms with van der Waals surface area (Å²) in [6.07, 6.45) is 0. The molecule has 0 aromatic carbocycles. The maximum atomic E-state index is 8.48. The Balaban J connectivity index is 2.93. The van der Waals surface area contributed by atoms with Gasteiger partial charge in [-0.1, -0.05) is 0 Å². The van der Waals surface area contributed by atoms with Gasteiger partial charge in [0.05, 0.1) is 72.7 Å². The van der Waals surface area contributed by atoms with Crippen LogP contribution in [0.4, 0.5) is 0 Å². The summed E-state index contributed by atoms with van der Waals surface area (Å²) >= 11 is 0. The summed E-state index contributed by atoms with van der Waals surface area (Å²) in [5.41, 5.74) is 0. The topological polar surface area (TPSA) is 69.6 Å². The lowest BCUT2D eigenvalue weighted by atomic mass is 10.6.